The van der Waals surface area contributed by atoms with Crippen molar-refractivity contribution in [3.63, 3.8) is 0 Å². The highest BCUT2D eigenvalue weighted by atomic mass is 32.2. The molecule has 0 radical (unpaired) electrons. The van der Waals surface area contributed by atoms with Crippen molar-refractivity contribution in [2.75, 3.05) is 37.7 Å². The summed E-state index contributed by atoms with van der Waals surface area (Å²) in [6.07, 6.45) is 6.47. The quantitative estimate of drug-likeness (QED) is 0.816. The molecule has 1 amide bonds. The molecule has 0 aromatic carbocycles. The Morgan fingerprint density at radius 2 is 2.08 bits per heavy atom. The molecule has 6 nitrogen and oxygen atoms in total. The van der Waals surface area contributed by atoms with Crippen LogP contribution in [-0.2, 0) is 0 Å². The molecule has 1 atom stereocenters. The van der Waals surface area contributed by atoms with Crippen molar-refractivity contribution in [3.05, 3.63) is 30.2 Å². The Bertz CT molecular complexity index is 709. The van der Waals surface area contributed by atoms with Crippen LogP contribution in [0.1, 0.15) is 36.2 Å². The number of carbonyl (C=O) groups excluding carboxylic acids is 1. The van der Waals surface area contributed by atoms with Crippen molar-refractivity contribution in [1.29, 1.82) is 0 Å². The van der Waals surface area contributed by atoms with Crippen molar-refractivity contribution in [1.82, 2.24) is 15.0 Å². The zero-order valence-electron chi connectivity index (χ0n) is 14.9. The van der Waals surface area contributed by atoms with Crippen molar-refractivity contribution in [3.8, 4) is 11.5 Å². The maximum atomic E-state index is 13.1. The summed E-state index contributed by atoms with van der Waals surface area (Å²) in [6.45, 7) is 4.04. The molecule has 2 aliphatic heterocycles. The van der Waals surface area contributed by atoms with Crippen LogP contribution in [0.4, 0.5) is 0 Å². The molecule has 0 bridgehead atoms. The van der Waals surface area contributed by atoms with Crippen LogP contribution in [0.25, 0.3) is 11.5 Å². The van der Waals surface area contributed by atoms with Crippen LogP contribution in [0.3, 0.4) is 0 Å². The first-order chi connectivity index (χ1) is 12.8. The van der Waals surface area contributed by atoms with Crippen LogP contribution in [0.2, 0.25) is 0 Å². The predicted octanol–water partition coefficient (Wildman–Crippen LogP) is 3.37. The third-order valence-electron chi connectivity index (χ3n) is 5.11. The fourth-order valence-electron chi connectivity index (χ4n) is 3.75. The largest absolute Gasteiger partial charge is 0.461 e. The van der Waals surface area contributed by atoms with Gasteiger partial charge in [-0.1, -0.05) is 11.6 Å². The van der Waals surface area contributed by atoms with E-state index in [0.717, 1.165) is 44.1 Å². The minimum absolute atomic E-state index is 0.0314. The van der Waals surface area contributed by atoms with Gasteiger partial charge in [-0.05, 0) is 50.2 Å². The smallest absolute Gasteiger partial charge is 0.276 e. The molecule has 26 heavy (non-hydrogen) atoms. The fraction of sp³-hybridized carbons (Fsp3) is 0.579. The second-order valence-electron chi connectivity index (χ2n) is 7.00. The lowest BCUT2D eigenvalue weighted by Crippen LogP contribution is -2.49. The lowest BCUT2D eigenvalue weighted by atomic mass is 10.1. The van der Waals surface area contributed by atoms with Crippen molar-refractivity contribution >= 4 is 17.7 Å². The first kappa shape index (κ1) is 17.7. The molecule has 4 rings (SSSR count). The van der Waals surface area contributed by atoms with Crippen LogP contribution >= 0.6 is 11.8 Å². The number of amides is 1. The van der Waals surface area contributed by atoms with Crippen LogP contribution in [0, 0.1) is 0 Å². The monoisotopic (exact) mass is 375 g/mol. The van der Waals surface area contributed by atoms with E-state index < -0.39 is 0 Å². The third-order valence-corrected chi connectivity index (χ3v) is 6.31. The normalized spacial score (nSPS) is 22.3. The minimum Gasteiger partial charge on any atom is -0.461 e. The molecule has 0 aliphatic carbocycles. The third kappa shape index (κ3) is 3.99. The average Bonchev–Trinajstić information content (AvgIpc) is 3.31. The summed E-state index contributed by atoms with van der Waals surface area (Å²) in [4.78, 5) is 17.7. The molecule has 0 saturated carbocycles. The van der Waals surface area contributed by atoms with E-state index in [4.69, 9.17) is 8.94 Å². The lowest BCUT2D eigenvalue weighted by molar-refractivity contribution is 0.0635. The molecular weight excluding hydrogens is 350 g/mol. The van der Waals surface area contributed by atoms with E-state index in [2.05, 4.69) is 10.1 Å². The molecule has 2 aromatic rings. The molecule has 0 N–H and O–H groups in total. The van der Waals surface area contributed by atoms with Gasteiger partial charge in [0.2, 0.25) is 5.76 Å². The topological polar surface area (TPSA) is 62.7 Å². The van der Waals surface area contributed by atoms with Crippen LogP contribution in [0.15, 0.2) is 33.4 Å². The number of aromatic nitrogens is 1. The number of carbonyl (C=O) groups is 1. The Balaban J connectivity index is 1.49. The van der Waals surface area contributed by atoms with E-state index in [1.54, 1.807) is 24.5 Å². The number of hydrogen-bond donors (Lipinski definition) is 0. The van der Waals surface area contributed by atoms with E-state index in [1.807, 2.05) is 16.7 Å². The summed E-state index contributed by atoms with van der Waals surface area (Å²) < 4.78 is 10.7. The zero-order valence-corrected chi connectivity index (χ0v) is 15.7. The van der Waals surface area contributed by atoms with E-state index in [9.17, 15) is 4.79 Å². The number of thioether (sulfide) groups is 1. The molecule has 7 heteroatoms. The lowest BCUT2D eigenvalue weighted by Gasteiger charge is -2.35. The summed E-state index contributed by atoms with van der Waals surface area (Å²) in [5.74, 6) is 3.15. The Hall–Kier alpha value is -1.73. The number of piperidine rings is 1. The van der Waals surface area contributed by atoms with Gasteiger partial charge in [0.25, 0.3) is 5.91 Å². The highest BCUT2D eigenvalue weighted by molar-refractivity contribution is 7.99. The highest BCUT2D eigenvalue weighted by Gasteiger charge is 2.30. The highest BCUT2D eigenvalue weighted by Crippen LogP contribution is 2.24. The Kier molecular flexibility index (Phi) is 5.65. The van der Waals surface area contributed by atoms with Crippen molar-refractivity contribution in [2.24, 2.45) is 0 Å². The molecule has 1 unspecified atom stereocenters. The first-order valence-electron chi connectivity index (χ1n) is 9.43. The van der Waals surface area contributed by atoms with Gasteiger partial charge in [0, 0.05) is 24.9 Å². The number of hydrogen-bond acceptors (Lipinski definition) is 6. The first-order valence-corrected chi connectivity index (χ1v) is 10.6. The van der Waals surface area contributed by atoms with Gasteiger partial charge in [-0.3, -0.25) is 4.79 Å². The maximum Gasteiger partial charge on any atom is 0.276 e. The summed E-state index contributed by atoms with van der Waals surface area (Å²) >= 11 is 1.95. The Morgan fingerprint density at radius 1 is 1.19 bits per heavy atom. The van der Waals surface area contributed by atoms with Crippen LogP contribution in [0.5, 0.6) is 0 Å². The predicted molar refractivity (Wildman–Crippen MR) is 101 cm³/mol. The van der Waals surface area contributed by atoms with Crippen LogP contribution < -0.4 is 0 Å². The summed E-state index contributed by atoms with van der Waals surface area (Å²) in [5, 5.41) is 4.01. The Labute approximate surface area is 157 Å². The second kappa shape index (κ2) is 8.31. The SMILES string of the molecule is O=C(c1cc(-c2ccco2)on1)N1CCCSCC1CN1CCCCC1. The van der Waals surface area contributed by atoms with E-state index in [-0.39, 0.29) is 11.9 Å². The molecule has 0 spiro atoms. The molecular formula is C19H25N3O3S. The molecule has 140 valence electrons. The standard InChI is InChI=1S/C19H25N3O3S/c23-19(16-12-18(25-20-16)17-6-4-10-24-17)22-9-5-11-26-14-15(22)13-21-7-2-1-3-8-21/h4,6,10,12,15H,1-3,5,7-9,11,13-14H2. The molecule has 2 aliphatic rings. The molecule has 2 aromatic heterocycles. The average molecular weight is 375 g/mol. The number of nitrogens with zero attached hydrogens (tertiary/aromatic N) is 3. The van der Waals surface area contributed by atoms with Gasteiger partial charge in [0.15, 0.2) is 11.5 Å². The van der Waals surface area contributed by atoms with Crippen molar-refractivity contribution < 1.29 is 13.7 Å². The van der Waals surface area contributed by atoms with Gasteiger partial charge >= 0.3 is 0 Å². The van der Waals surface area contributed by atoms with Gasteiger partial charge in [-0.15, -0.1) is 0 Å². The molecule has 2 saturated heterocycles. The maximum absolute atomic E-state index is 13.1. The van der Waals surface area contributed by atoms with E-state index in [1.165, 1.54) is 19.3 Å². The Morgan fingerprint density at radius 3 is 2.88 bits per heavy atom. The molecule has 2 fully saturated rings. The van der Waals surface area contributed by atoms with Gasteiger partial charge < -0.3 is 18.7 Å². The summed E-state index contributed by atoms with van der Waals surface area (Å²) in [5.41, 5.74) is 0.368. The van der Waals surface area contributed by atoms with Crippen LogP contribution in [-0.4, -0.2) is 64.6 Å². The fourth-order valence-corrected chi connectivity index (χ4v) is 4.80. The van der Waals surface area contributed by atoms with Gasteiger partial charge in [0.1, 0.15) is 0 Å². The number of furan rings is 1. The molecule has 4 heterocycles. The van der Waals surface area contributed by atoms with Gasteiger partial charge in [-0.2, -0.15) is 11.8 Å². The van der Waals surface area contributed by atoms with Crippen molar-refractivity contribution in [2.45, 2.75) is 31.7 Å². The van der Waals surface area contributed by atoms with E-state index in [0.29, 0.717) is 17.2 Å². The minimum atomic E-state index is -0.0314. The second-order valence-corrected chi connectivity index (χ2v) is 8.15. The van der Waals surface area contributed by atoms with Gasteiger partial charge in [-0.25, -0.2) is 0 Å². The van der Waals surface area contributed by atoms with Gasteiger partial charge in [0.05, 0.1) is 12.3 Å². The zero-order chi connectivity index (χ0) is 17.8. The summed E-state index contributed by atoms with van der Waals surface area (Å²) in [6, 6.07) is 5.52. The number of rotatable bonds is 4. The summed E-state index contributed by atoms with van der Waals surface area (Å²) in [7, 11) is 0. The number of likely N-dealkylation sites (tertiary alicyclic amines) is 1. The van der Waals surface area contributed by atoms with E-state index >= 15 is 0 Å².